The Morgan fingerprint density at radius 3 is 2.35 bits per heavy atom. The smallest absolute Gasteiger partial charge is 0.208 e. The van der Waals surface area contributed by atoms with Crippen molar-refractivity contribution in [2.45, 2.75) is 40.8 Å². The van der Waals surface area contributed by atoms with Gasteiger partial charge in [0.05, 0.1) is 22.9 Å². The molecule has 92 valence electrons. The molecule has 0 spiro atoms. The molecule has 2 rings (SSSR count). The Labute approximate surface area is 105 Å². The van der Waals surface area contributed by atoms with Gasteiger partial charge in [0, 0.05) is 11.4 Å². The molecule has 2 heterocycles. The predicted octanol–water partition coefficient (Wildman–Crippen LogP) is 2.65. The maximum absolute atomic E-state index is 5.50. The van der Waals surface area contributed by atoms with Crippen LogP contribution in [0.5, 0.6) is 0 Å². The Bertz CT molecular complexity index is 496. The zero-order chi connectivity index (χ0) is 12.4. The van der Waals surface area contributed by atoms with Crippen molar-refractivity contribution in [1.82, 2.24) is 15.3 Å². The summed E-state index contributed by atoms with van der Waals surface area (Å²) >= 11 is 1.73. The quantitative estimate of drug-likeness (QED) is 0.907. The molecule has 17 heavy (non-hydrogen) atoms. The molecule has 0 saturated heterocycles. The molecular formula is C12H17N3OS. The van der Waals surface area contributed by atoms with Crippen LogP contribution in [0.15, 0.2) is 4.42 Å². The van der Waals surface area contributed by atoms with Crippen molar-refractivity contribution >= 4 is 11.3 Å². The Kier molecular flexibility index (Phi) is 3.59. The number of aryl methyl sites for hydroxylation is 4. The standard InChI is InChI=1S/C12H17N3OS/c1-7-9(3)16-12(15-7)6-13-5-11-8(2)14-10(4)17-11/h13H,5-6H2,1-4H3. The Hall–Kier alpha value is -1.20. The first-order valence-corrected chi connectivity index (χ1v) is 6.44. The van der Waals surface area contributed by atoms with E-state index in [0.717, 1.165) is 34.6 Å². The fourth-order valence-corrected chi connectivity index (χ4v) is 2.54. The normalized spacial score (nSPS) is 11.1. The van der Waals surface area contributed by atoms with E-state index in [2.05, 4.69) is 15.3 Å². The molecular weight excluding hydrogens is 234 g/mol. The summed E-state index contributed by atoms with van der Waals surface area (Å²) in [6.07, 6.45) is 0. The van der Waals surface area contributed by atoms with Gasteiger partial charge in [0.1, 0.15) is 5.76 Å². The highest BCUT2D eigenvalue weighted by molar-refractivity contribution is 7.11. The van der Waals surface area contributed by atoms with Gasteiger partial charge < -0.3 is 9.73 Å². The second kappa shape index (κ2) is 4.98. The van der Waals surface area contributed by atoms with Crippen LogP contribution in [-0.2, 0) is 13.1 Å². The van der Waals surface area contributed by atoms with Crippen molar-refractivity contribution in [3.05, 3.63) is 32.9 Å². The lowest BCUT2D eigenvalue weighted by molar-refractivity contribution is 0.449. The van der Waals surface area contributed by atoms with Gasteiger partial charge in [-0.05, 0) is 27.7 Å². The molecule has 0 aliphatic rings. The maximum Gasteiger partial charge on any atom is 0.208 e. The van der Waals surface area contributed by atoms with Gasteiger partial charge in [-0.2, -0.15) is 0 Å². The van der Waals surface area contributed by atoms with Crippen LogP contribution in [0.25, 0.3) is 0 Å². The van der Waals surface area contributed by atoms with Gasteiger partial charge in [-0.3, -0.25) is 0 Å². The number of aromatic nitrogens is 2. The largest absolute Gasteiger partial charge is 0.444 e. The van der Waals surface area contributed by atoms with Gasteiger partial charge in [0.2, 0.25) is 5.89 Å². The predicted molar refractivity (Wildman–Crippen MR) is 68.1 cm³/mol. The van der Waals surface area contributed by atoms with E-state index in [4.69, 9.17) is 4.42 Å². The van der Waals surface area contributed by atoms with Crippen LogP contribution in [0, 0.1) is 27.7 Å². The van der Waals surface area contributed by atoms with E-state index >= 15 is 0 Å². The topological polar surface area (TPSA) is 51.0 Å². The first-order chi connectivity index (χ1) is 8.06. The van der Waals surface area contributed by atoms with Crippen molar-refractivity contribution in [1.29, 1.82) is 0 Å². The van der Waals surface area contributed by atoms with E-state index in [1.165, 1.54) is 4.88 Å². The molecule has 1 N–H and O–H groups in total. The van der Waals surface area contributed by atoms with E-state index in [0.29, 0.717) is 6.54 Å². The third-order valence-corrected chi connectivity index (χ3v) is 3.71. The summed E-state index contributed by atoms with van der Waals surface area (Å²) in [5.74, 6) is 1.64. The van der Waals surface area contributed by atoms with Gasteiger partial charge in [0.15, 0.2) is 0 Å². The van der Waals surface area contributed by atoms with Gasteiger partial charge in [0.25, 0.3) is 0 Å². The molecule has 0 atom stereocenters. The van der Waals surface area contributed by atoms with E-state index in [1.807, 2.05) is 27.7 Å². The molecule has 0 aliphatic carbocycles. The highest BCUT2D eigenvalue weighted by atomic mass is 32.1. The maximum atomic E-state index is 5.50. The fraction of sp³-hybridized carbons (Fsp3) is 0.500. The van der Waals surface area contributed by atoms with Crippen LogP contribution in [0.3, 0.4) is 0 Å². The average Bonchev–Trinajstić information content (AvgIpc) is 2.72. The monoisotopic (exact) mass is 251 g/mol. The molecule has 0 aliphatic heterocycles. The molecule has 0 bridgehead atoms. The van der Waals surface area contributed by atoms with E-state index < -0.39 is 0 Å². The van der Waals surface area contributed by atoms with E-state index in [9.17, 15) is 0 Å². The molecule has 0 radical (unpaired) electrons. The van der Waals surface area contributed by atoms with E-state index in [-0.39, 0.29) is 0 Å². The summed E-state index contributed by atoms with van der Waals surface area (Å²) < 4.78 is 5.50. The molecule has 0 fully saturated rings. The highest BCUT2D eigenvalue weighted by Crippen LogP contribution is 2.16. The van der Waals surface area contributed by atoms with Gasteiger partial charge in [-0.25, -0.2) is 9.97 Å². The average molecular weight is 251 g/mol. The minimum Gasteiger partial charge on any atom is -0.444 e. The highest BCUT2D eigenvalue weighted by Gasteiger charge is 2.07. The van der Waals surface area contributed by atoms with Crippen molar-refractivity contribution in [3.8, 4) is 0 Å². The molecule has 2 aromatic heterocycles. The van der Waals surface area contributed by atoms with Crippen LogP contribution < -0.4 is 5.32 Å². The van der Waals surface area contributed by atoms with Gasteiger partial charge >= 0.3 is 0 Å². The van der Waals surface area contributed by atoms with Crippen molar-refractivity contribution < 1.29 is 4.42 Å². The summed E-state index contributed by atoms with van der Waals surface area (Å²) in [4.78, 5) is 10.0. The van der Waals surface area contributed by atoms with E-state index in [1.54, 1.807) is 11.3 Å². The third-order valence-electron chi connectivity index (χ3n) is 2.63. The fourth-order valence-electron chi connectivity index (χ4n) is 1.64. The van der Waals surface area contributed by atoms with Crippen molar-refractivity contribution in [2.75, 3.05) is 0 Å². The number of nitrogens with one attached hydrogen (secondary N) is 1. The van der Waals surface area contributed by atoms with Crippen molar-refractivity contribution in [2.24, 2.45) is 0 Å². The minimum atomic E-state index is 0.658. The summed E-state index contributed by atoms with van der Waals surface area (Å²) in [6, 6.07) is 0. The van der Waals surface area contributed by atoms with Crippen LogP contribution in [0.2, 0.25) is 0 Å². The second-order valence-corrected chi connectivity index (χ2v) is 5.38. The van der Waals surface area contributed by atoms with Crippen LogP contribution in [-0.4, -0.2) is 9.97 Å². The number of oxazole rings is 1. The lowest BCUT2D eigenvalue weighted by Gasteiger charge is -1.99. The summed E-state index contributed by atoms with van der Waals surface area (Å²) in [6.45, 7) is 9.44. The van der Waals surface area contributed by atoms with Crippen LogP contribution in [0.1, 0.15) is 32.9 Å². The minimum absolute atomic E-state index is 0.658. The van der Waals surface area contributed by atoms with Gasteiger partial charge in [-0.1, -0.05) is 0 Å². The first kappa shape index (κ1) is 12.3. The summed E-state index contributed by atoms with van der Waals surface area (Å²) in [5, 5.41) is 4.44. The number of rotatable bonds is 4. The van der Waals surface area contributed by atoms with Crippen molar-refractivity contribution in [3.63, 3.8) is 0 Å². The molecule has 5 heteroatoms. The Morgan fingerprint density at radius 2 is 1.82 bits per heavy atom. The Balaban J connectivity index is 1.89. The Morgan fingerprint density at radius 1 is 1.06 bits per heavy atom. The van der Waals surface area contributed by atoms with Crippen LogP contribution in [0.4, 0.5) is 0 Å². The lowest BCUT2D eigenvalue weighted by Crippen LogP contribution is -2.12. The summed E-state index contributed by atoms with van der Waals surface area (Å²) in [5.41, 5.74) is 2.08. The zero-order valence-corrected chi connectivity index (χ0v) is 11.4. The molecule has 4 nitrogen and oxygen atoms in total. The number of thiazole rings is 1. The molecule has 0 unspecified atom stereocenters. The zero-order valence-electron chi connectivity index (χ0n) is 10.6. The summed E-state index contributed by atoms with van der Waals surface area (Å²) in [7, 11) is 0. The van der Waals surface area contributed by atoms with Gasteiger partial charge in [-0.15, -0.1) is 11.3 Å². The molecule has 0 aromatic carbocycles. The first-order valence-electron chi connectivity index (χ1n) is 5.63. The SMILES string of the molecule is Cc1nc(C)c(CNCc2nc(C)c(C)o2)s1. The molecule has 0 amide bonds. The second-order valence-electron chi connectivity index (χ2n) is 4.09. The molecule has 2 aromatic rings. The third kappa shape index (κ3) is 2.92. The number of hydrogen-bond donors (Lipinski definition) is 1. The van der Waals surface area contributed by atoms with Crippen LogP contribution >= 0.6 is 11.3 Å². The number of nitrogens with zero attached hydrogens (tertiary/aromatic N) is 2. The lowest BCUT2D eigenvalue weighted by atomic mass is 10.4. The molecule has 0 saturated carbocycles. The number of hydrogen-bond acceptors (Lipinski definition) is 5.